The molecular formula is C4H6NO5PS. The summed E-state index contributed by atoms with van der Waals surface area (Å²) in [6, 6.07) is 0. The van der Waals surface area contributed by atoms with Crippen LogP contribution >= 0.6 is 20.0 Å². The smallest absolute Gasteiger partial charge is 0.301 e. The van der Waals surface area contributed by atoms with Gasteiger partial charge >= 0.3 is 7.82 Å². The van der Waals surface area contributed by atoms with Gasteiger partial charge in [0.05, 0.1) is 0 Å². The zero-order valence-corrected chi connectivity index (χ0v) is 7.55. The maximum absolute atomic E-state index is 10.8. The number of hydrogen-bond donors (Lipinski definition) is 2. The van der Waals surface area contributed by atoms with Crippen molar-refractivity contribution in [3.8, 4) is 0 Å². The minimum Gasteiger partial charge on any atom is -0.301 e. The summed E-state index contributed by atoms with van der Waals surface area (Å²) < 4.78 is 14.3. The Bertz CT molecular complexity index is 257. The van der Waals surface area contributed by atoms with E-state index >= 15 is 0 Å². The number of carbonyl (C=O) groups excluding carboxylic acids is 1. The van der Waals surface area contributed by atoms with Crippen molar-refractivity contribution in [2.24, 2.45) is 0 Å². The number of phosphoric acid groups is 1. The fourth-order valence-electron chi connectivity index (χ4n) is 0.753. The van der Waals surface area contributed by atoms with Crippen molar-refractivity contribution in [1.29, 1.82) is 0 Å². The molecule has 68 valence electrons. The molecule has 6 nitrogen and oxygen atoms in total. The number of nitrogens with zero attached hydrogens (tertiary/aromatic N) is 1. The lowest BCUT2D eigenvalue weighted by Crippen LogP contribution is -2.26. The van der Waals surface area contributed by atoms with Gasteiger partial charge in [0.25, 0.3) is 5.91 Å². The zero-order valence-electron chi connectivity index (χ0n) is 5.84. The number of amides is 1. The fraction of sp³-hybridized carbons (Fsp3) is 0.500. The zero-order chi connectivity index (χ0) is 9.35. The molecule has 1 saturated heterocycles. The van der Waals surface area contributed by atoms with Crippen molar-refractivity contribution in [2.45, 2.75) is 12.8 Å². The van der Waals surface area contributed by atoms with Crippen LogP contribution < -0.4 is 0 Å². The standard InChI is InChI=1S/C4H6NO5PS/c6-3-1-2-4(12)5(3)10-11(7,8)9/h1-2H2,(H2,7,8,9). The van der Waals surface area contributed by atoms with E-state index in [1.807, 2.05) is 0 Å². The maximum Gasteiger partial charge on any atom is 0.491 e. The van der Waals surface area contributed by atoms with E-state index in [1.54, 1.807) is 0 Å². The molecule has 0 aromatic rings. The van der Waals surface area contributed by atoms with Gasteiger partial charge in [0.1, 0.15) is 4.99 Å². The van der Waals surface area contributed by atoms with Gasteiger partial charge in [0.2, 0.25) is 0 Å². The second-order valence-electron chi connectivity index (χ2n) is 2.15. The average molecular weight is 211 g/mol. The first-order valence-electron chi connectivity index (χ1n) is 3.01. The Morgan fingerprint density at radius 1 is 1.50 bits per heavy atom. The summed E-state index contributed by atoms with van der Waals surface area (Å²) in [4.78, 5) is 27.6. The van der Waals surface area contributed by atoms with Gasteiger partial charge in [-0.2, -0.15) is 9.69 Å². The largest absolute Gasteiger partial charge is 0.491 e. The van der Waals surface area contributed by atoms with Crippen LogP contribution in [0.1, 0.15) is 12.8 Å². The highest BCUT2D eigenvalue weighted by Gasteiger charge is 2.32. The van der Waals surface area contributed by atoms with Crippen molar-refractivity contribution in [3.05, 3.63) is 0 Å². The Balaban J connectivity index is 2.69. The van der Waals surface area contributed by atoms with Crippen LogP contribution in [0.25, 0.3) is 0 Å². The second-order valence-corrected chi connectivity index (χ2v) is 3.77. The van der Waals surface area contributed by atoms with E-state index in [0.717, 1.165) is 0 Å². The van der Waals surface area contributed by atoms with Gasteiger partial charge in [-0.3, -0.25) is 4.79 Å². The first-order valence-corrected chi connectivity index (χ1v) is 4.95. The summed E-state index contributed by atoms with van der Waals surface area (Å²) in [5.41, 5.74) is 0. The number of thiocarbonyl (C=S) groups is 1. The summed E-state index contributed by atoms with van der Waals surface area (Å²) in [7, 11) is -4.67. The summed E-state index contributed by atoms with van der Waals surface area (Å²) >= 11 is 4.62. The second kappa shape index (κ2) is 3.20. The van der Waals surface area contributed by atoms with Crippen LogP contribution in [0.2, 0.25) is 0 Å². The molecule has 0 aromatic heterocycles. The Morgan fingerprint density at radius 2 is 2.08 bits per heavy atom. The summed E-state index contributed by atoms with van der Waals surface area (Å²) in [5, 5.41) is 0.482. The van der Waals surface area contributed by atoms with Crippen LogP contribution in [0.15, 0.2) is 0 Å². The van der Waals surface area contributed by atoms with Crippen LogP contribution in [0.3, 0.4) is 0 Å². The molecule has 1 amide bonds. The molecule has 1 rings (SSSR count). The lowest BCUT2D eigenvalue weighted by Gasteiger charge is -2.14. The van der Waals surface area contributed by atoms with Crippen molar-refractivity contribution >= 4 is 30.9 Å². The van der Waals surface area contributed by atoms with Crippen LogP contribution in [-0.4, -0.2) is 25.7 Å². The minimum absolute atomic E-state index is 0.100. The van der Waals surface area contributed by atoms with Gasteiger partial charge in [-0.15, -0.1) is 0 Å². The third-order valence-electron chi connectivity index (χ3n) is 1.19. The molecule has 0 bridgehead atoms. The van der Waals surface area contributed by atoms with E-state index in [9.17, 15) is 9.36 Å². The molecule has 0 atom stereocenters. The Hall–Kier alpha value is -0.330. The molecule has 1 aliphatic rings. The minimum atomic E-state index is -4.67. The van der Waals surface area contributed by atoms with E-state index in [-0.39, 0.29) is 11.4 Å². The predicted octanol–water partition coefficient (Wildman–Crippen LogP) is -0.0395. The van der Waals surface area contributed by atoms with Crippen molar-refractivity contribution < 1.29 is 23.8 Å². The quantitative estimate of drug-likeness (QED) is 0.492. The normalized spacial score (nSPS) is 19.0. The molecule has 8 heteroatoms. The van der Waals surface area contributed by atoms with E-state index < -0.39 is 13.7 Å². The van der Waals surface area contributed by atoms with Crippen LogP contribution in [0, 0.1) is 0 Å². The van der Waals surface area contributed by atoms with Gasteiger partial charge in [0.15, 0.2) is 0 Å². The number of rotatable bonds is 2. The lowest BCUT2D eigenvalue weighted by molar-refractivity contribution is -0.143. The number of hydrogen-bond acceptors (Lipinski definition) is 4. The predicted molar refractivity (Wildman–Crippen MR) is 41.8 cm³/mol. The molecule has 12 heavy (non-hydrogen) atoms. The molecule has 1 aliphatic heterocycles. The van der Waals surface area contributed by atoms with Gasteiger partial charge in [-0.1, -0.05) is 12.2 Å². The van der Waals surface area contributed by atoms with E-state index in [2.05, 4.69) is 16.8 Å². The number of hydroxylamine groups is 2. The Labute approximate surface area is 73.3 Å². The first kappa shape index (κ1) is 9.76. The summed E-state index contributed by atoms with van der Waals surface area (Å²) in [6.07, 6.45) is 0.438. The topological polar surface area (TPSA) is 87.1 Å². The SMILES string of the molecule is O=C1CCC(=S)N1OP(=O)(O)O. The highest BCUT2D eigenvalue weighted by Crippen LogP contribution is 2.38. The highest BCUT2D eigenvalue weighted by atomic mass is 32.1. The fourth-order valence-corrected chi connectivity index (χ4v) is 1.45. The van der Waals surface area contributed by atoms with E-state index in [1.165, 1.54) is 0 Å². The summed E-state index contributed by atoms with van der Waals surface area (Å²) in [5.74, 6) is -0.525. The van der Waals surface area contributed by atoms with Gasteiger partial charge in [-0.25, -0.2) is 4.57 Å². The van der Waals surface area contributed by atoms with Gasteiger partial charge < -0.3 is 9.79 Å². The first-order chi connectivity index (χ1) is 5.40. The molecular weight excluding hydrogens is 205 g/mol. The highest BCUT2D eigenvalue weighted by molar-refractivity contribution is 7.80. The average Bonchev–Trinajstić information content (AvgIpc) is 2.16. The van der Waals surface area contributed by atoms with Crippen molar-refractivity contribution in [3.63, 3.8) is 0 Å². The van der Waals surface area contributed by atoms with Crippen molar-refractivity contribution in [1.82, 2.24) is 5.06 Å². The summed E-state index contributed by atoms with van der Waals surface area (Å²) in [6.45, 7) is 0. The molecule has 0 unspecified atom stereocenters. The van der Waals surface area contributed by atoms with Crippen molar-refractivity contribution in [2.75, 3.05) is 0 Å². The van der Waals surface area contributed by atoms with Crippen LogP contribution in [0.5, 0.6) is 0 Å². The monoisotopic (exact) mass is 211 g/mol. The van der Waals surface area contributed by atoms with Gasteiger partial charge in [-0.05, 0) is 0 Å². The lowest BCUT2D eigenvalue weighted by atomic mass is 10.4. The Morgan fingerprint density at radius 3 is 2.42 bits per heavy atom. The molecule has 2 N–H and O–H groups in total. The van der Waals surface area contributed by atoms with Crippen LogP contribution in [-0.2, 0) is 14.0 Å². The van der Waals surface area contributed by atoms with E-state index in [0.29, 0.717) is 11.5 Å². The molecule has 1 fully saturated rings. The molecule has 0 aliphatic carbocycles. The van der Waals surface area contributed by atoms with Gasteiger partial charge in [0, 0.05) is 12.8 Å². The van der Waals surface area contributed by atoms with Crippen LogP contribution in [0.4, 0.5) is 0 Å². The van der Waals surface area contributed by atoms with E-state index in [4.69, 9.17) is 9.79 Å². The molecule has 0 radical (unpaired) electrons. The number of carbonyl (C=O) groups is 1. The molecule has 1 heterocycles. The third kappa shape index (κ3) is 2.33. The molecule has 0 spiro atoms. The molecule has 0 aromatic carbocycles. The Kier molecular flexibility index (Phi) is 2.60. The maximum atomic E-state index is 10.8. The third-order valence-corrected chi connectivity index (χ3v) is 1.94. The molecule has 0 saturated carbocycles.